The van der Waals surface area contributed by atoms with E-state index in [1.807, 2.05) is 30.3 Å². The van der Waals surface area contributed by atoms with Gasteiger partial charge in [0.2, 0.25) is 5.91 Å². The van der Waals surface area contributed by atoms with Crippen LogP contribution in [0.15, 0.2) is 71.9 Å². The molecule has 0 spiro atoms. The van der Waals surface area contributed by atoms with Crippen LogP contribution in [0.5, 0.6) is 5.75 Å². The first-order valence-electron chi connectivity index (χ1n) is 9.44. The molecule has 2 aromatic heterocycles. The smallest absolute Gasteiger partial charge is 0.406 e. The van der Waals surface area contributed by atoms with Gasteiger partial charge in [-0.1, -0.05) is 18.2 Å². The zero-order chi connectivity index (χ0) is 22.7. The summed E-state index contributed by atoms with van der Waals surface area (Å²) in [4.78, 5) is 29.2. The Morgan fingerprint density at radius 1 is 1.06 bits per heavy atom. The van der Waals surface area contributed by atoms with E-state index >= 15 is 0 Å². The molecule has 0 unspecified atom stereocenters. The van der Waals surface area contributed by atoms with Crippen LogP contribution in [0.4, 0.5) is 18.9 Å². The number of fused-ring (bicyclic) bond motifs is 1. The normalized spacial score (nSPS) is 11.5. The SMILES string of the molecule is O=C(CCn1cnc2c(cnn2-c2ccccc2)c1=O)Nc1ccc(OC(F)(F)F)cc1. The first-order chi connectivity index (χ1) is 15.3. The number of rotatable bonds is 6. The molecule has 8 nitrogen and oxygen atoms in total. The molecule has 0 aliphatic carbocycles. The van der Waals surface area contributed by atoms with Crippen molar-refractivity contribution in [3.8, 4) is 11.4 Å². The maximum Gasteiger partial charge on any atom is 0.573 e. The highest BCUT2D eigenvalue weighted by molar-refractivity contribution is 5.90. The Balaban J connectivity index is 1.41. The van der Waals surface area contributed by atoms with Gasteiger partial charge < -0.3 is 10.1 Å². The van der Waals surface area contributed by atoms with Crippen LogP contribution in [0.1, 0.15) is 6.42 Å². The van der Waals surface area contributed by atoms with Gasteiger partial charge in [-0.05, 0) is 36.4 Å². The molecule has 164 valence electrons. The van der Waals surface area contributed by atoms with Crippen molar-refractivity contribution in [3.63, 3.8) is 0 Å². The van der Waals surface area contributed by atoms with Crippen molar-refractivity contribution >= 4 is 22.6 Å². The fourth-order valence-corrected chi connectivity index (χ4v) is 3.05. The maximum absolute atomic E-state index is 12.7. The van der Waals surface area contributed by atoms with E-state index < -0.39 is 18.0 Å². The number of nitrogens with one attached hydrogen (secondary N) is 1. The minimum Gasteiger partial charge on any atom is -0.406 e. The highest BCUT2D eigenvalue weighted by Crippen LogP contribution is 2.24. The lowest BCUT2D eigenvalue weighted by Crippen LogP contribution is -2.23. The number of hydrogen-bond donors (Lipinski definition) is 1. The van der Waals surface area contributed by atoms with Crippen molar-refractivity contribution < 1.29 is 22.7 Å². The minimum absolute atomic E-state index is 0.0410. The summed E-state index contributed by atoms with van der Waals surface area (Å²) in [5.41, 5.74) is 1.13. The fourth-order valence-electron chi connectivity index (χ4n) is 3.05. The Morgan fingerprint density at radius 2 is 1.78 bits per heavy atom. The summed E-state index contributed by atoms with van der Waals surface area (Å²) >= 11 is 0. The van der Waals surface area contributed by atoms with E-state index in [-0.39, 0.29) is 18.5 Å². The lowest BCUT2D eigenvalue weighted by molar-refractivity contribution is -0.274. The summed E-state index contributed by atoms with van der Waals surface area (Å²) in [6.45, 7) is 0.0688. The lowest BCUT2D eigenvalue weighted by atomic mass is 10.3. The van der Waals surface area contributed by atoms with E-state index in [0.717, 1.165) is 17.8 Å². The molecule has 4 rings (SSSR count). The predicted molar refractivity (Wildman–Crippen MR) is 109 cm³/mol. The van der Waals surface area contributed by atoms with Crippen LogP contribution >= 0.6 is 0 Å². The number of carbonyl (C=O) groups excluding carboxylic acids is 1. The average molecular weight is 443 g/mol. The number of benzene rings is 2. The second kappa shape index (κ2) is 8.53. The molecule has 11 heteroatoms. The van der Waals surface area contributed by atoms with E-state index in [4.69, 9.17) is 0 Å². The van der Waals surface area contributed by atoms with E-state index in [9.17, 15) is 22.8 Å². The quantitative estimate of drug-likeness (QED) is 0.493. The van der Waals surface area contributed by atoms with Crippen molar-refractivity contribution in [2.75, 3.05) is 5.32 Å². The first-order valence-corrected chi connectivity index (χ1v) is 9.44. The maximum atomic E-state index is 12.7. The summed E-state index contributed by atoms with van der Waals surface area (Å²) in [5, 5.41) is 7.10. The van der Waals surface area contributed by atoms with Crippen LogP contribution in [0, 0.1) is 0 Å². The van der Waals surface area contributed by atoms with Crippen LogP contribution < -0.4 is 15.6 Å². The molecule has 0 saturated heterocycles. The number of aryl methyl sites for hydroxylation is 1. The fraction of sp³-hybridized carbons (Fsp3) is 0.143. The van der Waals surface area contributed by atoms with Crippen LogP contribution in [0.3, 0.4) is 0 Å². The number of nitrogens with zero attached hydrogens (tertiary/aromatic N) is 4. The van der Waals surface area contributed by atoms with Crippen molar-refractivity contribution in [1.82, 2.24) is 19.3 Å². The summed E-state index contributed by atoms with van der Waals surface area (Å²) in [6.07, 6.45) is -2.05. The molecule has 1 amide bonds. The number of ether oxygens (including phenoxy) is 1. The van der Waals surface area contributed by atoms with E-state index in [1.54, 1.807) is 4.68 Å². The van der Waals surface area contributed by atoms with Crippen molar-refractivity contribution in [2.45, 2.75) is 19.3 Å². The second-order valence-corrected chi connectivity index (χ2v) is 6.74. The van der Waals surface area contributed by atoms with Gasteiger partial charge in [0.25, 0.3) is 5.56 Å². The first kappa shape index (κ1) is 21.1. The topological polar surface area (TPSA) is 91.0 Å². The number of hydrogen-bond acceptors (Lipinski definition) is 5. The largest absolute Gasteiger partial charge is 0.573 e. The summed E-state index contributed by atoms with van der Waals surface area (Å²) in [6, 6.07) is 14.0. The Kier molecular flexibility index (Phi) is 5.63. The average Bonchev–Trinajstić information content (AvgIpc) is 3.19. The highest BCUT2D eigenvalue weighted by atomic mass is 19.4. The number of amides is 1. The molecule has 0 saturated carbocycles. The Bertz CT molecular complexity index is 1300. The molecule has 0 radical (unpaired) electrons. The van der Waals surface area contributed by atoms with E-state index in [0.29, 0.717) is 16.7 Å². The highest BCUT2D eigenvalue weighted by Gasteiger charge is 2.30. The van der Waals surface area contributed by atoms with Gasteiger partial charge in [-0.3, -0.25) is 14.2 Å². The molecule has 0 bridgehead atoms. The van der Waals surface area contributed by atoms with Crippen LogP contribution in [0.25, 0.3) is 16.7 Å². The van der Waals surface area contributed by atoms with Gasteiger partial charge in [0.15, 0.2) is 5.65 Å². The van der Waals surface area contributed by atoms with Crippen LogP contribution in [-0.2, 0) is 11.3 Å². The third-order valence-electron chi connectivity index (χ3n) is 4.51. The van der Waals surface area contributed by atoms with Gasteiger partial charge in [-0.25, -0.2) is 9.67 Å². The van der Waals surface area contributed by atoms with Crippen molar-refractivity contribution in [2.24, 2.45) is 0 Å². The minimum atomic E-state index is -4.79. The monoisotopic (exact) mass is 443 g/mol. The molecule has 4 aromatic rings. The van der Waals surface area contributed by atoms with Crippen molar-refractivity contribution in [3.05, 3.63) is 77.5 Å². The molecule has 32 heavy (non-hydrogen) atoms. The Hall–Kier alpha value is -4.15. The van der Waals surface area contributed by atoms with Gasteiger partial charge in [0.05, 0.1) is 18.2 Å². The number of aromatic nitrogens is 4. The third-order valence-corrected chi connectivity index (χ3v) is 4.51. The molecule has 0 aliphatic rings. The predicted octanol–water partition coefficient (Wildman–Crippen LogP) is 3.51. The van der Waals surface area contributed by atoms with Crippen molar-refractivity contribution in [1.29, 1.82) is 0 Å². The zero-order valence-corrected chi connectivity index (χ0v) is 16.4. The standard InChI is InChI=1S/C21H16F3N5O3/c22-21(23,24)32-16-8-6-14(7-9-16)27-18(30)10-11-28-13-25-19-17(20(28)31)12-26-29(19)15-4-2-1-3-5-15/h1-9,12-13H,10-11H2,(H,27,30). The lowest BCUT2D eigenvalue weighted by Gasteiger charge is -2.10. The third kappa shape index (κ3) is 4.77. The van der Waals surface area contributed by atoms with Gasteiger partial charge in [-0.15, -0.1) is 13.2 Å². The summed E-state index contributed by atoms with van der Waals surface area (Å²) < 4.78 is 43.2. The zero-order valence-electron chi connectivity index (χ0n) is 16.4. The van der Waals surface area contributed by atoms with E-state index in [2.05, 4.69) is 20.1 Å². The summed E-state index contributed by atoms with van der Waals surface area (Å²) in [5.74, 6) is -0.807. The van der Waals surface area contributed by atoms with Gasteiger partial charge in [0.1, 0.15) is 11.1 Å². The molecule has 0 atom stereocenters. The second-order valence-electron chi connectivity index (χ2n) is 6.74. The number of anilines is 1. The number of alkyl halides is 3. The Morgan fingerprint density at radius 3 is 2.47 bits per heavy atom. The molecule has 0 aliphatic heterocycles. The van der Waals surface area contributed by atoms with Crippen LogP contribution in [0.2, 0.25) is 0 Å². The molecule has 2 heterocycles. The molecular formula is C21H16F3N5O3. The van der Waals surface area contributed by atoms with Gasteiger partial charge in [-0.2, -0.15) is 5.10 Å². The number of para-hydroxylation sites is 1. The molecule has 1 N–H and O–H groups in total. The molecule has 2 aromatic carbocycles. The van der Waals surface area contributed by atoms with Crippen LogP contribution in [-0.4, -0.2) is 31.6 Å². The molecular weight excluding hydrogens is 427 g/mol. The number of halogens is 3. The van der Waals surface area contributed by atoms with Gasteiger partial charge >= 0.3 is 6.36 Å². The molecule has 0 fully saturated rings. The van der Waals surface area contributed by atoms with Gasteiger partial charge in [0, 0.05) is 18.7 Å². The summed E-state index contributed by atoms with van der Waals surface area (Å²) in [7, 11) is 0. The Labute approximate surface area is 178 Å². The van der Waals surface area contributed by atoms with E-state index in [1.165, 1.54) is 29.2 Å². The number of carbonyl (C=O) groups is 1.